The summed E-state index contributed by atoms with van der Waals surface area (Å²) >= 11 is 0. The van der Waals surface area contributed by atoms with Gasteiger partial charge in [0.1, 0.15) is 13.2 Å². The summed E-state index contributed by atoms with van der Waals surface area (Å²) in [5.41, 5.74) is 10.1. The van der Waals surface area contributed by atoms with E-state index < -0.39 is 0 Å². The number of hydrogen-bond acceptors (Lipinski definition) is 3. The topological polar surface area (TPSA) is 44.5 Å². The molecule has 0 atom stereocenters. The lowest BCUT2D eigenvalue weighted by Crippen LogP contribution is -2.42. The third-order valence-electron chi connectivity index (χ3n) is 4.67. The molecule has 1 heterocycles. The van der Waals surface area contributed by atoms with Crippen LogP contribution >= 0.6 is 0 Å². The molecule has 2 N–H and O–H groups in total. The van der Waals surface area contributed by atoms with Gasteiger partial charge in [-0.1, -0.05) is 6.42 Å². The van der Waals surface area contributed by atoms with Gasteiger partial charge in [-0.3, -0.25) is 0 Å². The van der Waals surface area contributed by atoms with E-state index in [2.05, 4.69) is 19.9 Å². The van der Waals surface area contributed by atoms with E-state index in [0.717, 1.165) is 18.0 Å². The van der Waals surface area contributed by atoms with Gasteiger partial charge in [-0.05, 0) is 49.4 Å². The van der Waals surface area contributed by atoms with E-state index in [1.165, 1.54) is 36.0 Å². The van der Waals surface area contributed by atoms with Gasteiger partial charge < -0.3 is 15.2 Å². The summed E-state index contributed by atoms with van der Waals surface area (Å²) in [6.45, 7) is 6.32. The fraction of sp³-hybridized carbons (Fsp3) is 0.600. The van der Waals surface area contributed by atoms with Crippen LogP contribution in [0.2, 0.25) is 0 Å². The highest BCUT2D eigenvalue weighted by Crippen LogP contribution is 2.48. The molecular formula is C15H21NO2. The largest absolute Gasteiger partial charge is 0.486 e. The first-order chi connectivity index (χ1) is 8.68. The van der Waals surface area contributed by atoms with E-state index in [4.69, 9.17) is 15.2 Å². The summed E-state index contributed by atoms with van der Waals surface area (Å²) < 4.78 is 11.5. The molecule has 0 saturated heterocycles. The Labute approximate surface area is 108 Å². The molecule has 0 radical (unpaired) electrons. The standard InChI is InChI=1S/C15H21NO2/c1-10-11(2)14-13(17-6-7-18-14)8-12(10)15(9-16)4-3-5-15/h8H,3-7,9,16H2,1-2H3. The van der Waals surface area contributed by atoms with Crippen LogP contribution in [0.25, 0.3) is 0 Å². The van der Waals surface area contributed by atoms with Crippen molar-refractivity contribution in [3.8, 4) is 11.5 Å². The van der Waals surface area contributed by atoms with Crippen LogP contribution < -0.4 is 15.2 Å². The minimum Gasteiger partial charge on any atom is -0.486 e. The van der Waals surface area contributed by atoms with Gasteiger partial charge in [0.25, 0.3) is 0 Å². The lowest BCUT2D eigenvalue weighted by molar-refractivity contribution is 0.168. The molecule has 1 aliphatic heterocycles. The van der Waals surface area contributed by atoms with E-state index in [-0.39, 0.29) is 5.41 Å². The average Bonchev–Trinajstić information content (AvgIpc) is 2.35. The van der Waals surface area contributed by atoms with E-state index in [1.54, 1.807) is 0 Å². The highest BCUT2D eigenvalue weighted by atomic mass is 16.6. The molecule has 98 valence electrons. The Kier molecular flexibility index (Phi) is 2.74. The van der Waals surface area contributed by atoms with Gasteiger partial charge in [0.2, 0.25) is 0 Å². The minimum absolute atomic E-state index is 0.185. The van der Waals surface area contributed by atoms with E-state index in [0.29, 0.717) is 13.2 Å². The van der Waals surface area contributed by atoms with Gasteiger partial charge in [0.05, 0.1) is 0 Å². The number of nitrogens with two attached hydrogens (primary N) is 1. The monoisotopic (exact) mass is 247 g/mol. The SMILES string of the molecule is Cc1c(C2(CN)CCC2)cc2c(c1C)OCCO2. The molecule has 0 unspecified atom stereocenters. The number of fused-ring (bicyclic) bond motifs is 1. The molecule has 3 rings (SSSR count). The van der Waals surface area contributed by atoms with Crippen LogP contribution in [0.5, 0.6) is 11.5 Å². The van der Waals surface area contributed by atoms with Gasteiger partial charge in [0, 0.05) is 12.0 Å². The molecule has 0 amide bonds. The van der Waals surface area contributed by atoms with Crippen molar-refractivity contribution in [2.75, 3.05) is 19.8 Å². The van der Waals surface area contributed by atoms with Gasteiger partial charge >= 0.3 is 0 Å². The highest BCUT2D eigenvalue weighted by Gasteiger charge is 2.39. The molecule has 1 aromatic rings. The Balaban J connectivity index is 2.13. The number of hydrogen-bond donors (Lipinski definition) is 1. The Morgan fingerprint density at radius 3 is 2.50 bits per heavy atom. The second kappa shape index (κ2) is 4.16. The first-order valence-corrected chi connectivity index (χ1v) is 6.78. The molecule has 3 nitrogen and oxygen atoms in total. The van der Waals surface area contributed by atoms with Crippen LogP contribution in [-0.4, -0.2) is 19.8 Å². The molecule has 0 bridgehead atoms. The maximum absolute atomic E-state index is 6.02. The lowest BCUT2D eigenvalue weighted by Gasteiger charge is -2.43. The summed E-state index contributed by atoms with van der Waals surface area (Å²) in [4.78, 5) is 0. The molecule has 0 spiro atoms. The molecule has 1 saturated carbocycles. The molecule has 0 aromatic heterocycles. The van der Waals surface area contributed by atoms with Crippen molar-refractivity contribution in [3.63, 3.8) is 0 Å². The zero-order chi connectivity index (χ0) is 12.8. The van der Waals surface area contributed by atoms with E-state index >= 15 is 0 Å². The third kappa shape index (κ3) is 1.53. The number of benzene rings is 1. The second-order valence-corrected chi connectivity index (χ2v) is 5.54. The molecule has 1 aliphatic carbocycles. The number of rotatable bonds is 2. The highest BCUT2D eigenvalue weighted by molar-refractivity contribution is 5.56. The summed E-state index contributed by atoms with van der Waals surface area (Å²) in [6.07, 6.45) is 3.68. The second-order valence-electron chi connectivity index (χ2n) is 5.54. The molecular weight excluding hydrogens is 226 g/mol. The third-order valence-corrected chi connectivity index (χ3v) is 4.67. The van der Waals surface area contributed by atoms with Crippen LogP contribution in [0, 0.1) is 13.8 Å². The van der Waals surface area contributed by atoms with Crippen LogP contribution in [0.4, 0.5) is 0 Å². The van der Waals surface area contributed by atoms with Crippen LogP contribution in [-0.2, 0) is 5.41 Å². The summed E-state index contributed by atoms with van der Waals surface area (Å²) in [6, 6.07) is 2.17. The molecule has 18 heavy (non-hydrogen) atoms. The predicted molar refractivity (Wildman–Crippen MR) is 71.5 cm³/mol. The lowest BCUT2D eigenvalue weighted by atomic mass is 9.63. The fourth-order valence-corrected chi connectivity index (χ4v) is 3.18. The molecule has 2 aliphatic rings. The van der Waals surface area contributed by atoms with Crippen LogP contribution in [0.15, 0.2) is 6.07 Å². The summed E-state index contributed by atoms with van der Waals surface area (Å²) in [5.74, 6) is 1.83. The predicted octanol–water partition coefficient (Wildman–Crippen LogP) is 2.46. The fourth-order valence-electron chi connectivity index (χ4n) is 3.18. The first kappa shape index (κ1) is 11.8. The van der Waals surface area contributed by atoms with Crippen LogP contribution in [0.1, 0.15) is 36.0 Å². The number of ether oxygens (including phenoxy) is 2. The normalized spacial score (nSPS) is 20.4. The molecule has 1 fully saturated rings. The maximum Gasteiger partial charge on any atom is 0.164 e. The zero-order valence-electron chi connectivity index (χ0n) is 11.2. The first-order valence-electron chi connectivity index (χ1n) is 6.78. The van der Waals surface area contributed by atoms with Gasteiger partial charge in [-0.2, -0.15) is 0 Å². The van der Waals surface area contributed by atoms with Crippen molar-refractivity contribution >= 4 is 0 Å². The minimum atomic E-state index is 0.185. The summed E-state index contributed by atoms with van der Waals surface area (Å²) in [7, 11) is 0. The van der Waals surface area contributed by atoms with Gasteiger partial charge in [0.15, 0.2) is 11.5 Å². The quantitative estimate of drug-likeness (QED) is 0.873. The van der Waals surface area contributed by atoms with Crippen molar-refractivity contribution in [1.29, 1.82) is 0 Å². The zero-order valence-corrected chi connectivity index (χ0v) is 11.2. The Morgan fingerprint density at radius 2 is 1.89 bits per heavy atom. The summed E-state index contributed by atoms with van der Waals surface area (Å²) in [5, 5.41) is 0. The smallest absolute Gasteiger partial charge is 0.164 e. The maximum atomic E-state index is 6.02. The van der Waals surface area contributed by atoms with Crippen molar-refractivity contribution < 1.29 is 9.47 Å². The Hall–Kier alpha value is -1.22. The van der Waals surface area contributed by atoms with Crippen molar-refractivity contribution in [2.24, 2.45) is 5.73 Å². The van der Waals surface area contributed by atoms with Gasteiger partial charge in [-0.15, -0.1) is 0 Å². The average molecular weight is 247 g/mol. The molecule has 3 heteroatoms. The Morgan fingerprint density at radius 1 is 1.17 bits per heavy atom. The van der Waals surface area contributed by atoms with Crippen molar-refractivity contribution in [1.82, 2.24) is 0 Å². The van der Waals surface area contributed by atoms with E-state index in [1.807, 2.05) is 0 Å². The van der Waals surface area contributed by atoms with Crippen molar-refractivity contribution in [2.45, 2.75) is 38.5 Å². The van der Waals surface area contributed by atoms with Crippen molar-refractivity contribution in [3.05, 3.63) is 22.8 Å². The van der Waals surface area contributed by atoms with Gasteiger partial charge in [-0.25, -0.2) is 0 Å². The Bertz CT molecular complexity index is 472. The molecule has 1 aromatic carbocycles. The van der Waals surface area contributed by atoms with Crippen LogP contribution in [0.3, 0.4) is 0 Å². The van der Waals surface area contributed by atoms with E-state index in [9.17, 15) is 0 Å².